The number of hydrogen-bond acceptors (Lipinski definition) is 5. The van der Waals surface area contributed by atoms with E-state index < -0.39 is 51.8 Å². The molecule has 1 N–H and O–H groups in total. The Bertz CT molecular complexity index is 1030. The molecule has 1 heterocycles. The second kappa shape index (κ2) is 9.36. The Hall–Kier alpha value is -2.56. The van der Waals surface area contributed by atoms with Crippen LogP contribution in [-0.4, -0.2) is 46.1 Å². The van der Waals surface area contributed by atoms with Gasteiger partial charge in [-0.25, -0.2) is 4.90 Å². The normalized spacial score (nSPS) is 18.5. The van der Waals surface area contributed by atoms with Gasteiger partial charge in [0.15, 0.2) is 0 Å². The molecule has 2 aromatic carbocycles. The largest absolute Gasteiger partial charge is 0.417 e. The molecule has 1 atom stereocenters. The number of carbonyl (C=O) groups is 1. The molecular weight excluding hydrogens is 468 g/mol. The van der Waals surface area contributed by atoms with Gasteiger partial charge in [0.25, 0.3) is 5.78 Å². The fourth-order valence-electron chi connectivity index (χ4n) is 4.22. The minimum Gasteiger partial charge on any atom is -0.385 e. The second-order valence-corrected chi connectivity index (χ2v) is 8.33. The third kappa shape index (κ3) is 4.73. The van der Waals surface area contributed by atoms with E-state index in [-0.39, 0.29) is 37.1 Å². The Morgan fingerprint density at radius 3 is 2.27 bits per heavy atom. The summed E-state index contributed by atoms with van der Waals surface area (Å²) in [5.41, 5.74) is -5.22. The summed E-state index contributed by atoms with van der Waals surface area (Å²) in [4.78, 5) is 25.7. The molecule has 1 aliphatic heterocycles. The predicted molar refractivity (Wildman–Crippen MR) is 112 cm³/mol. The molecule has 3 rings (SSSR count). The highest BCUT2D eigenvalue weighted by molar-refractivity contribution is 6.31. The van der Waals surface area contributed by atoms with Crippen molar-refractivity contribution in [3.05, 3.63) is 80.4 Å². The number of halogens is 5. The van der Waals surface area contributed by atoms with Gasteiger partial charge in [0.05, 0.1) is 34.2 Å². The lowest BCUT2D eigenvalue weighted by atomic mass is 9.81. The Morgan fingerprint density at radius 2 is 1.76 bits per heavy atom. The lowest BCUT2D eigenvalue weighted by Gasteiger charge is -2.43. The highest BCUT2D eigenvalue weighted by Crippen LogP contribution is 2.41. The number of piperidine rings is 1. The smallest absolute Gasteiger partial charge is 0.385 e. The summed E-state index contributed by atoms with van der Waals surface area (Å²) >= 11 is 5.65. The summed E-state index contributed by atoms with van der Waals surface area (Å²) < 4.78 is 53.2. The number of aliphatic hydroxyl groups is 1. The van der Waals surface area contributed by atoms with Gasteiger partial charge in [0, 0.05) is 18.7 Å². The molecule has 1 aliphatic rings. The third-order valence-electron chi connectivity index (χ3n) is 6.07. The lowest BCUT2D eigenvalue weighted by Crippen LogP contribution is -2.63. The van der Waals surface area contributed by atoms with Gasteiger partial charge in [0.1, 0.15) is 0 Å². The fourth-order valence-corrected chi connectivity index (χ4v) is 4.45. The van der Waals surface area contributed by atoms with Gasteiger partial charge in [-0.05, 0) is 30.5 Å². The molecule has 0 aliphatic carbocycles. The van der Waals surface area contributed by atoms with Gasteiger partial charge >= 0.3 is 11.8 Å². The van der Waals surface area contributed by atoms with E-state index in [2.05, 4.69) is 0 Å². The first-order chi connectivity index (χ1) is 15.5. The van der Waals surface area contributed by atoms with Crippen molar-refractivity contribution >= 4 is 17.4 Å². The van der Waals surface area contributed by atoms with Gasteiger partial charge in [-0.15, -0.1) is 0 Å². The highest BCUT2D eigenvalue weighted by atomic mass is 35.5. The fraction of sp³-hybridized carbons (Fsp3) is 0.409. The Morgan fingerprint density at radius 1 is 1.15 bits per heavy atom. The maximum absolute atomic E-state index is 13.4. The van der Waals surface area contributed by atoms with E-state index in [1.165, 1.54) is 35.2 Å². The van der Waals surface area contributed by atoms with Crippen molar-refractivity contribution < 1.29 is 32.4 Å². The minimum absolute atomic E-state index is 0.0366. The molecule has 0 spiro atoms. The zero-order valence-electron chi connectivity index (χ0n) is 17.3. The number of rotatable bonds is 7. The second-order valence-electron chi connectivity index (χ2n) is 7.92. The number of likely N-dealkylation sites (tertiary alicyclic amines) is 1. The van der Waals surface area contributed by atoms with Crippen LogP contribution in [0.4, 0.5) is 17.6 Å². The zero-order valence-corrected chi connectivity index (χ0v) is 18.1. The van der Waals surface area contributed by atoms with Gasteiger partial charge in [-0.1, -0.05) is 48.0 Å². The lowest BCUT2D eigenvalue weighted by molar-refractivity contribution is -0.583. The average Bonchev–Trinajstić information content (AvgIpc) is 2.77. The van der Waals surface area contributed by atoms with Crippen LogP contribution in [0, 0.1) is 10.1 Å². The van der Waals surface area contributed by atoms with Crippen LogP contribution < -0.4 is 0 Å². The summed E-state index contributed by atoms with van der Waals surface area (Å²) in [6.45, 7) is -1.55. The molecule has 0 bridgehead atoms. The van der Waals surface area contributed by atoms with E-state index in [0.717, 1.165) is 12.1 Å². The summed E-state index contributed by atoms with van der Waals surface area (Å²) in [6, 6.07) is 10.5. The van der Waals surface area contributed by atoms with E-state index in [1.54, 1.807) is 6.07 Å². The Labute approximate surface area is 191 Å². The molecule has 0 saturated carbocycles. The van der Waals surface area contributed by atoms with Crippen LogP contribution in [0.3, 0.4) is 0 Å². The van der Waals surface area contributed by atoms with Crippen LogP contribution in [0.2, 0.25) is 5.02 Å². The third-order valence-corrected chi connectivity index (χ3v) is 6.40. The van der Waals surface area contributed by atoms with Crippen LogP contribution in [0.1, 0.15) is 40.7 Å². The van der Waals surface area contributed by atoms with Gasteiger partial charge < -0.3 is 5.11 Å². The van der Waals surface area contributed by atoms with E-state index >= 15 is 0 Å². The van der Waals surface area contributed by atoms with Crippen molar-refractivity contribution in [3.63, 3.8) is 0 Å². The quantitative estimate of drug-likeness (QED) is 0.260. The number of alkyl halides is 4. The number of Topliss-reactive ketones (excluding diaryl/α,β-unsaturated/α-hetero) is 1. The molecular formula is C22H21ClF4N2O4. The SMILES string of the molecule is O=C(c1ccccc1)C(CCF)(N1CCC(O)(c2ccc(Cl)c(C(F)(F)F)c2)CC1)[N+](=O)[O-]. The average molecular weight is 489 g/mol. The van der Waals surface area contributed by atoms with Crippen LogP contribution in [0.5, 0.6) is 0 Å². The van der Waals surface area contributed by atoms with Gasteiger partial charge in [-0.3, -0.25) is 19.3 Å². The molecule has 1 saturated heterocycles. The first-order valence-corrected chi connectivity index (χ1v) is 10.5. The van der Waals surface area contributed by atoms with Crippen molar-refractivity contribution in [2.24, 2.45) is 0 Å². The van der Waals surface area contributed by atoms with Gasteiger partial charge in [0.2, 0.25) is 0 Å². The number of nitro groups is 1. The molecule has 11 heteroatoms. The van der Waals surface area contributed by atoms with Crippen LogP contribution in [0.15, 0.2) is 48.5 Å². The zero-order chi connectivity index (χ0) is 24.4. The molecule has 6 nitrogen and oxygen atoms in total. The number of nitrogens with zero attached hydrogens (tertiary/aromatic N) is 2. The molecule has 0 amide bonds. The maximum Gasteiger partial charge on any atom is 0.417 e. The molecule has 178 valence electrons. The number of ketones is 1. The van der Waals surface area contributed by atoms with Crippen molar-refractivity contribution in [2.75, 3.05) is 19.8 Å². The molecule has 2 aromatic rings. The summed E-state index contributed by atoms with van der Waals surface area (Å²) in [5, 5.41) is 22.7. The van der Waals surface area contributed by atoms with Crippen molar-refractivity contribution in [1.82, 2.24) is 4.90 Å². The molecule has 0 aromatic heterocycles. The van der Waals surface area contributed by atoms with Gasteiger partial charge in [-0.2, -0.15) is 13.2 Å². The van der Waals surface area contributed by atoms with E-state index in [0.29, 0.717) is 0 Å². The van der Waals surface area contributed by atoms with Crippen LogP contribution in [0.25, 0.3) is 0 Å². The molecule has 1 unspecified atom stereocenters. The maximum atomic E-state index is 13.4. The number of carbonyl (C=O) groups excluding carboxylic acids is 1. The monoisotopic (exact) mass is 488 g/mol. The predicted octanol–water partition coefficient (Wildman–Crippen LogP) is 4.86. The molecule has 0 radical (unpaired) electrons. The minimum atomic E-state index is -4.73. The molecule has 1 fully saturated rings. The van der Waals surface area contributed by atoms with E-state index in [1.807, 2.05) is 0 Å². The summed E-state index contributed by atoms with van der Waals surface area (Å²) in [7, 11) is 0. The van der Waals surface area contributed by atoms with E-state index in [4.69, 9.17) is 11.6 Å². The summed E-state index contributed by atoms with van der Waals surface area (Å²) in [6.07, 6.45) is -5.83. The van der Waals surface area contributed by atoms with E-state index in [9.17, 15) is 37.6 Å². The standard InChI is InChI=1S/C22H21ClF4N2O4/c23-18-7-6-16(14-17(18)22(25,26)27)20(31)9-12-28(13-10-20)21(8-11-24,29(32)33)19(30)15-4-2-1-3-5-15/h1-7,14,31H,8-13H2. The van der Waals surface area contributed by atoms with Crippen molar-refractivity contribution in [3.8, 4) is 0 Å². The summed E-state index contributed by atoms with van der Waals surface area (Å²) in [5.74, 6) is -0.887. The number of benzene rings is 2. The topological polar surface area (TPSA) is 83.7 Å². The van der Waals surface area contributed by atoms with Crippen molar-refractivity contribution in [1.29, 1.82) is 0 Å². The highest BCUT2D eigenvalue weighted by Gasteiger charge is 2.57. The molecule has 33 heavy (non-hydrogen) atoms. The first kappa shape index (κ1) is 25.1. The first-order valence-electron chi connectivity index (χ1n) is 10.1. The van der Waals surface area contributed by atoms with Crippen LogP contribution >= 0.6 is 11.6 Å². The van der Waals surface area contributed by atoms with Crippen molar-refractivity contribution in [2.45, 2.75) is 36.7 Å². The number of hydrogen-bond donors (Lipinski definition) is 1. The Kier molecular flexibility index (Phi) is 7.11. The Balaban J connectivity index is 1.92. The van der Waals surface area contributed by atoms with Crippen LogP contribution in [-0.2, 0) is 11.8 Å².